The Labute approximate surface area is 81.4 Å². The molecule has 0 unspecified atom stereocenters. The first-order chi connectivity index (χ1) is 6.82. The summed E-state index contributed by atoms with van der Waals surface area (Å²) in [6, 6.07) is 0.688. The van der Waals surface area contributed by atoms with Gasteiger partial charge in [-0.15, -0.1) is 0 Å². The van der Waals surface area contributed by atoms with Crippen molar-refractivity contribution < 1.29 is 27.5 Å². The lowest BCUT2D eigenvalue weighted by molar-refractivity contribution is -0.143. The van der Waals surface area contributed by atoms with Crippen LogP contribution < -0.4 is 0 Å². The number of halogens is 4. The average Bonchev–Trinajstić information content (AvgIpc) is 2.05. The lowest BCUT2D eigenvalue weighted by Gasteiger charge is -2.10. The first-order valence-corrected chi connectivity index (χ1v) is 3.74. The number of pyridine rings is 1. The smallest absolute Gasteiger partial charge is 0.433 e. The fourth-order valence-corrected chi connectivity index (χ4v) is 1.03. The van der Waals surface area contributed by atoms with Crippen LogP contribution in [0.3, 0.4) is 0 Å². The molecule has 0 aromatic carbocycles. The molecule has 82 valence electrons. The van der Waals surface area contributed by atoms with Crippen LogP contribution in [0.4, 0.5) is 17.6 Å². The molecule has 1 heterocycles. The normalized spacial score (nSPS) is 11.5. The summed E-state index contributed by atoms with van der Waals surface area (Å²) >= 11 is 0. The lowest BCUT2D eigenvalue weighted by Crippen LogP contribution is -2.16. The Morgan fingerprint density at radius 3 is 2.53 bits per heavy atom. The van der Waals surface area contributed by atoms with Crippen molar-refractivity contribution in [3.8, 4) is 0 Å². The quantitative estimate of drug-likeness (QED) is 0.778. The third-order valence-corrected chi connectivity index (χ3v) is 1.60. The number of carbonyl (C=O) groups is 1. The molecule has 0 bridgehead atoms. The Kier molecular flexibility index (Phi) is 2.92. The van der Waals surface area contributed by atoms with Gasteiger partial charge in [0.2, 0.25) is 0 Å². The predicted octanol–water partition coefficient (Wildman–Crippen LogP) is 1.87. The molecule has 0 spiro atoms. The van der Waals surface area contributed by atoms with E-state index in [9.17, 15) is 22.4 Å². The monoisotopic (exact) mass is 223 g/mol. The van der Waals surface area contributed by atoms with E-state index in [-0.39, 0.29) is 0 Å². The van der Waals surface area contributed by atoms with Gasteiger partial charge in [-0.25, -0.2) is 4.39 Å². The Morgan fingerprint density at radius 1 is 1.47 bits per heavy atom. The molecule has 0 aliphatic rings. The summed E-state index contributed by atoms with van der Waals surface area (Å²) in [6.45, 7) is 0. The molecule has 0 saturated heterocycles. The van der Waals surface area contributed by atoms with Crippen LogP contribution in [0.5, 0.6) is 0 Å². The van der Waals surface area contributed by atoms with Gasteiger partial charge in [-0.2, -0.15) is 13.2 Å². The van der Waals surface area contributed by atoms with E-state index < -0.39 is 35.6 Å². The van der Waals surface area contributed by atoms with Gasteiger partial charge in [0.1, 0.15) is 5.82 Å². The fourth-order valence-electron chi connectivity index (χ4n) is 1.03. The SMILES string of the molecule is O=C(O)Cc1c(F)ccnc1C(F)(F)F. The van der Waals surface area contributed by atoms with Crippen molar-refractivity contribution in [2.75, 3.05) is 0 Å². The number of hydrogen-bond acceptors (Lipinski definition) is 2. The highest BCUT2D eigenvalue weighted by atomic mass is 19.4. The van der Waals surface area contributed by atoms with Gasteiger partial charge in [0.15, 0.2) is 5.69 Å². The fraction of sp³-hybridized carbons (Fsp3) is 0.250. The van der Waals surface area contributed by atoms with Gasteiger partial charge in [0, 0.05) is 11.8 Å². The van der Waals surface area contributed by atoms with Crippen LogP contribution >= 0.6 is 0 Å². The molecule has 1 rings (SSSR count). The van der Waals surface area contributed by atoms with Crippen LogP contribution in [0, 0.1) is 5.82 Å². The largest absolute Gasteiger partial charge is 0.481 e. The van der Waals surface area contributed by atoms with Crippen LogP contribution in [0.2, 0.25) is 0 Å². The lowest BCUT2D eigenvalue weighted by atomic mass is 10.1. The van der Waals surface area contributed by atoms with Crippen molar-refractivity contribution in [2.24, 2.45) is 0 Å². The Bertz CT molecular complexity index is 389. The third kappa shape index (κ3) is 2.64. The molecule has 1 N–H and O–H groups in total. The van der Waals surface area contributed by atoms with Gasteiger partial charge in [-0.1, -0.05) is 0 Å². The van der Waals surface area contributed by atoms with Crippen LogP contribution in [0.15, 0.2) is 12.3 Å². The van der Waals surface area contributed by atoms with Crippen molar-refractivity contribution >= 4 is 5.97 Å². The second-order valence-electron chi connectivity index (χ2n) is 2.69. The van der Waals surface area contributed by atoms with Gasteiger partial charge >= 0.3 is 12.1 Å². The summed E-state index contributed by atoms with van der Waals surface area (Å²) in [6.07, 6.45) is -5.26. The Morgan fingerprint density at radius 2 is 2.07 bits per heavy atom. The highest BCUT2D eigenvalue weighted by Gasteiger charge is 2.36. The van der Waals surface area contributed by atoms with Gasteiger partial charge in [0.05, 0.1) is 6.42 Å². The number of aromatic nitrogens is 1. The van der Waals surface area contributed by atoms with E-state index in [1.54, 1.807) is 0 Å². The zero-order chi connectivity index (χ0) is 11.6. The highest BCUT2D eigenvalue weighted by molar-refractivity contribution is 5.70. The maximum absolute atomic E-state index is 12.9. The molecule has 0 aliphatic carbocycles. The first kappa shape index (κ1) is 11.4. The predicted molar refractivity (Wildman–Crippen MR) is 40.5 cm³/mol. The second kappa shape index (κ2) is 3.84. The van der Waals surface area contributed by atoms with Crippen LogP contribution in [0.25, 0.3) is 0 Å². The van der Waals surface area contributed by atoms with Crippen molar-refractivity contribution in [3.63, 3.8) is 0 Å². The summed E-state index contributed by atoms with van der Waals surface area (Å²) in [7, 11) is 0. The summed E-state index contributed by atoms with van der Waals surface area (Å²) in [4.78, 5) is 13.2. The number of hydrogen-bond donors (Lipinski definition) is 1. The maximum atomic E-state index is 12.9. The molecule has 0 saturated carbocycles. The summed E-state index contributed by atoms with van der Waals surface area (Å²) < 4.78 is 49.7. The summed E-state index contributed by atoms with van der Waals surface area (Å²) in [5.74, 6) is -2.77. The van der Waals surface area contributed by atoms with E-state index in [1.165, 1.54) is 0 Å². The van der Waals surface area contributed by atoms with Gasteiger partial charge in [0.25, 0.3) is 0 Å². The second-order valence-corrected chi connectivity index (χ2v) is 2.69. The van der Waals surface area contributed by atoms with Crippen LogP contribution in [-0.4, -0.2) is 16.1 Å². The molecule has 15 heavy (non-hydrogen) atoms. The molecule has 1 aromatic rings. The van der Waals surface area contributed by atoms with E-state index in [1.807, 2.05) is 0 Å². The number of carboxylic acid groups (broad SMARTS) is 1. The molecule has 0 fully saturated rings. The Balaban J connectivity index is 3.26. The molecule has 7 heteroatoms. The average molecular weight is 223 g/mol. The summed E-state index contributed by atoms with van der Waals surface area (Å²) in [5.41, 5.74) is -2.44. The highest BCUT2D eigenvalue weighted by Crippen LogP contribution is 2.31. The molecular formula is C8H5F4NO2. The topological polar surface area (TPSA) is 50.2 Å². The standard InChI is InChI=1S/C8H5F4NO2/c9-5-1-2-13-7(8(10,11)12)4(5)3-6(14)15/h1-2H,3H2,(H,14,15). The van der Waals surface area contributed by atoms with Gasteiger partial charge in [-0.05, 0) is 6.07 Å². The summed E-state index contributed by atoms with van der Waals surface area (Å²) in [5, 5.41) is 8.32. The molecule has 0 atom stereocenters. The van der Waals surface area contributed by atoms with Gasteiger partial charge in [-0.3, -0.25) is 9.78 Å². The molecule has 3 nitrogen and oxygen atoms in total. The van der Waals surface area contributed by atoms with Crippen molar-refractivity contribution in [3.05, 3.63) is 29.3 Å². The zero-order valence-electron chi connectivity index (χ0n) is 7.18. The van der Waals surface area contributed by atoms with E-state index in [2.05, 4.69) is 4.98 Å². The molecular weight excluding hydrogens is 218 g/mol. The number of carboxylic acids is 1. The number of alkyl halides is 3. The maximum Gasteiger partial charge on any atom is 0.433 e. The van der Waals surface area contributed by atoms with Gasteiger partial charge < -0.3 is 5.11 Å². The number of nitrogens with zero attached hydrogens (tertiary/aromatic N) is 1. The molecule has 0 radical (unpaired) electrons. The molecule has 1 aromatic heterocycles. The van der Waals surface area contributed by atoms with Crippen molar-refractivity contribution in [2.45, 2.75) is 12.6 Å². The minimum Gasteiger partial charge on any atom is -0.481 e. The van der Waals surface area contributed by atoms with E-state index >= 15 is 0 Å². The van der Waals surface area contributed by atoms with Crippen molar-refractivity contribution in [1.82, 2.24) is 4.98 Å². The zero-order valence-corrected chi connectivity index (χ0v) is 7.18. The minimum atomic E-state index is -4.85. The number of rotatable bonds is 2. The number of aliphatic carboxylic acids is 1. The van der Waals surface area contributed by atoms with E-state index in [0.717, 1.165) is 0 Å². The molecule has 0 amide bonds. The van der Waals surface area contributed by atoms with Crippen LogP contribution in [0.1, 0.15) is 11.3 Å². The molecule has 0 aliphatic heterocycles. The first-order valence-electron chi connectivity index (χ1n) is 3.74. The van der Waals surface area contributed by atoms with E-state index in [0.29, 0.717) is 12.3 Å². The Hall–Kier alpha value is -1.66. The van der Waals surface area contributed by atoms with E-state index in [4.69, 9.17) is 5.11 Å². The van der Waals surface area contributed by atoms with Crippen LogP contribution in [-0.2, 0) is 17.4 Å². The minimum absolute atomic E-state index is 0.642. The third-order valence-electron chi connectivity index (χ3n) is 1.60. The van der Waals surface area contributed by atoms with Crippen molar-refractivity contribution in [1.29, 1.82) is 0 Å².